The normalized spacial score (nSPS) is 52.7. The second-order valence-electron chi connectivity index (χ2n) is 11.0. The monoisotopic (exact) mass is 374 g/mol. The molecule has 27 heavy (non-hydrogen) atoms. The fraction of sp³-hybridized carbons (Fsp3) is 0.913. The van der Waals surface area contributed by atoms with E-state index in [1.807, 2.05) is 0 Å². The molecule has 5 rings (SSSR count). The molecule has 0 N–H and O–H groups in total. The Morgan fingerprint density at radius 3 is 2.48 bits per heavy atom. The van der Waals surface area contributed by atoms with Crippen molar-refractivity contribution in [2.45, 2.75) is 90.8 Å². The van der Waals surface area contributed by atoms with Crippen molar-refractivity contribution in [3.63, 3.8) is 0 Å². The predicted molar refractivity (Wildman–Crippen MR) is 101 cm³/mol. The zero-order valence-corrected chi connectivity index (χ0v) is 17.3. The molecule has 1 saturated heterocycles. The maximum Gasteiger partial charge on any atom is 0.302 e. The van der Waals surface area contributed by atoms with Gasteiger partial charge in [-0.2, -0.15) is 0 Å². The van der Waals surface area contributed by atoms with Gasteiger partial charge in [0.25, 0.3) is 0 Å². The number of Topliss-reactive ketones (excluding diaryl/α,β-unsaturated/α-hetero) is 1. The van der Waals surface area contributed by atoms with Gasteiger partial charge < -0.3 is 9.47 Å². The minimum absolute atomic E-state index is 0.0394. The van der Waals surface area contributed by atoms with Crippen molar-refractivity contribution in [3.8, 4) is 0 Å². The second kappa shape index (κ2) is 5.37. The molecule has 0 aromatic carbocycles. The topological polar surface area (TPSA) is 52.6 Å². The van der Waals surface area contributed by atoms with Gasteiger partial charge in [0, 0.05) is 29.6 Å². The van der Waals surface area contributed by atoms with Crippen molar-refractivity contribution in [2.75, 3.05) is 6.61 Å². The van der Waals surface area contributed by atoms with E-state index in [0.29, 0.717) is 23.5 Å². The highest BCUT2D eigenvalue weighted by molar-refractivity contribution is 5.85. The molecule has 7 atom stereocenters. The molecule has 0 aromatic heterocycles. The zero-order valence-electron chi connectivity index (χ0n) is 17.3. The summed E-state index contributed by atoms with van der Waals surface area (Å²) in [6.07, 6.45) is 8.32. The number of esters is 1. The molecular formula is C23H34O4. The SMILES string of the molecule is CC(=O)OC1CCC2C1(C)CCC1C34CCC(=O)C(C)(C)C3CCC21OC4. The summed E-state index contributed by atoms with van der Waals surface area (Å²) in [6.45, 7) is 9.09. The van der Waals surface area contributed by atoms with Crippen LogP contribution in [0.1, 0.15) is 79.1 Å². The number of ketones is 1. The maximum atomic E-state index is 12.7. The molecule has 1 spiro atoms. The molecule has 0 radical (unpaired) electrons. The Morgan fingerprint density at radius 2 is 1.74 bits per heavy atom. The van der Waals surface area contributed by atoms with E-state index in [1.165, 1.54) is 6.92 Å². The smallest absolute Gasteiger partial charge is 0.302 e. The van der Waals surface area contributed by atoms with E-state index >= 15 is 0 Å². The Bertz CT molecular complexity index is 698. The van der Waals surface area contributed by atoms with Crippen LogP contribution in [-0.2, 0) is 19.1 Å². The van der Waals surface area contributed by atoms with Gasteiger partial charge in [-0.1, -0.05) is 20.8 Å². The van der Waals surface area contributed by atoms with E-state index in [1.54, 1.807) is 0 Å². The Hall–Kier alpha value is -0.900. The summed E-state index contributed by atoms with van der Waals surface area (Å²) in [5.74, 6) is 1.82. The van der Waals surface area contributed by atoms with Crippen LogP contribution < -0.4 is 0 Å². The van der Waals surface area contributed by atoms with Crippen molar-refractivity contribution in [2.24, 2.45) is 34.0 Å². The fourth-order valence-electron chi connectivity index (χ4n) is 8.80. The number of fused-ring (bicyclic) bond motifs is 1. The summed E-state index contributed by atoms with van der Waals surface area (Å²) < 4.78 is 12.6. The summed E-state index contributed by atoms with van der Waals surface area (Å²) in [4.78, 5) is 24.4. The largest absolute Gasteiger partial charge is 0.462 e. The molecule has 4 nitrogen and oxygen atoms in total. The van der Waals surface area contributed by atoms with Crippen LogP contribution in [0.3, 0.4) is 0 Å². The van der Waals surface area contributed by atoms with Gasteiger partial charge in [-0.05, 0) is 62.7 Å². The van der Waals surface area contributed by atoms with Gasteiger partial charge >= 0.3 is 5.97 Å². The lowest BCUT2D eigenvalue weighted by molar-refractivity contribution is -0.187. The Balaban J connectivity index is 1.52. The molecule has 1 heterocycles. The molecule has 150 valence electrons. The Kier molecular flexibility index (Phi) is 3.61. The average molecular weight is 375 g/mol. The fourth-order valence-corrected chi connectivity index (χ4v) is 8.80. The number of hydrogen-bond acceptors (Lipinski definition) is 4. The van der Waals surface area contributed by atoms with E-state index in [2.05, 4.69) is 20.8 Å². The first kappa shape index (κ1) is 18.1. The molecule has 4 heteroatoms. The third kappa shape index (κ3) is 2.04. The minimum atomic E-state index is -0.213. The molecule has 0 aromatic rings. The lowest BCUT2D eigenvalue weighted by Crippen LogP contribution is -2.63. The van der Waals surface area contributed by atoms with Crippen LogP contribution >= 0.6 is 0 Å². The van der Waals surface area contributed by atoms with Gasteiger partial charge in [-0.25, -0.2) is 0 Å². The van der Waals surface area contributed by atoms with E-state index in [0.717, 1.165) is 58.0 Å². The van der Waals surface area contributed by atoms with Gasteiger partial charge in [-0.3, -0.25) is 9.59 Å². The van der Waals surface area contributed by atoms with E-state index in [4.69, 9.17) is 9.47 Å². The molecule has 0 amide bonds. The van der Waals surface area contributed by atoms with E-state index in [9.17, 15) is 9.59 Å². The van der Waals surface area contributed by atoms with Crippen LogP contribution in [0.15, 0.2) is 0 Å². The van der Waals surface area contributed by atoms with Crippen molar-refractivity contribution < 1.29 is 19.1 Å². The summed E-state index contributed by atoms with van der Waals surface area (Å²) in [5, 5.41) is 0. The van der Waals surface area contributed by atoms with Crippen LogP contribution in [0.4, 0.5) is 0 Å². The Labute approximate surface area is 162 Å². The maximum absolute atomic E-state index is 12.7. The molecule has 5 fully saturated rings. The van der Waals surface area contributed by atoms with Gasteiger partial charge in [0.15, 0.2) is 0 Å². The van der Waals surface area contributed by atoms with Crippen LogP contribution in [0.25, 0.3) is 0 Å². The highest BCUT2D eigenvalue weighted by Crippen LogP contribution is 2.74. The zero-order chi connectivity index (χ0) is 19.2. The molecule has 4 aliphatic carbocycles. The minimum Gasteiger partial charge on any atom is -0.462 e. The van der Waals surface area contributed by atoms with Gasteiger partial charge in [-0.15, -0.1) is 0 Å². The second-order valence-corrected chi connectivity index (χ2v) is 11.0. The summed E-state index contributed by atoms with van der Waals surface area (Å²) >= 11 is 0. The van der Waals surface area contributed by atoms with Gasteiger partial charge in [0.05, 0.1) is 12.2 Å². The average Bonchev–Trinajstić information content (AvgIpc) is 3.02. The van der Waals surface area contributed by atoms with Crippen LogP contribution in [0.2, 0.25) is 0 Å². The van der Waals surface area contributed by atoms with Gasteiger partial charge in [0.2, 0.25) is 0 Å². The molecule has 5 aliphatic rings. The third-order valence-corrected chi connectivity index (χ3v) is 9.94. The van der Waals surface area contributed by atoms with E-state index < -0.39 is 0 Å². The summed E-state index contributed by atoms with van der Waals surface area (Å²) in [6, 6.07) is 0. The first-order valence-corrected chi connectivity index (χ1v) is 11.0. The number of carbonyl (C=O) groups excluding carboxylic acids is 2. The molecule has 2 bridgehead atoms. The lowest BCUT2D eigenvalue weighted by Gasteiger charge is -2.62. The first-order chi connectivity index (χ1) is 12.7. The van der Waals surface area contributed by atoms with Crippen LogP contribution in [-0.4, -0.2) is 30.1 Å². The molecular weight excluding hydrogens is 340 g/mol. The van der Waals surface area contributed by atoms with Crippen molar-refractivity contribution >= 4 is 11.8 Å². The quantitative estimate of drug-likeness (QED) is 0.642. The summed E-state index contributed by atoms with van der Waals surface area (Å²) in [7, 11) is 0. The number of ether oxygens (including phenoxy) is 2. The number of carbonyl (C=O) groups is 2. The van der Waals surface area contributed by atoms with Crippen LogP contribution in [0.5, 0.6) is 0 Å². The van der Waals surface area contributed by atoms with Crippen molar-refractivity contribution in [3.05, 3.63) is 0 Å². The number of hydrogen-bond donors (Lipinski definition) is 0. The highest BCUT2D eigenvalue weighted by atomic mass is 16.5. The number of rotatable bonds is 1. The van der Waals surface area contributed by atoms with Crippen molar-refractivity contribution in [1.82, 2.24) is 0 Å². The Morgan fingerprint density at radius 1 is 1.00 bits per heavy atom. The standard InChI is InChI=1S/C23H34O4/c1-14(24)27-19-6-5-16-21(19,4)10-7-17-22-11-9-18(25)20(2,3)15(22)8-12-23(16,17)26-13-22/h15-17,19H,5-13H2,1-4H3. The molecule has 1 aliphatic heterocycles. The first-order valence-electron chi connectivity index (χ1n) is 11.0. The lowest BCUT2D eigenvalue weighted by atomic mass is 9.41. The third-order valence-electron chi connectivity index (χ3n) is 9.94. The van der Waals surface area contributed by atoms with Crippen LogP contribution in [0, 0.1) is 34.0 Å². The predicted octanol–water partition coefficient (Wildman–Crippen LogP) is 4.30. The molecule has 4 saturated carbocycles. The highest BCUT2D eigenvalue weighted by Gasteiger charge is 2.74. The molecule has 7 unspecified atom stereocenters. The summed E-state index contributed by atoms with van der Waals surface area (Å²) in [5.41, 5.74) is -0.0271. The van der Waals surface area contributed by atoms with E-state index in [-0.39, 0.29) is 33.9 Å². The van der Waals surface area contributed by atoms with Crippen molar-refractivity contribution in [1.29, 1.82) is 0 Å². The van der Waals surface area contributed by atoms with Gasteiger partial charge in [0.1, 0.15) is 11.9 Å².